The van der Waals surface area contributed by atoms with Gasteiger partial charge in [0.1, 0.15) is 11.3 Å². The molecule has 4 heterocycles. The van der Waals surface area contributed by atoms with Crippen molar-refractivity contribution in [3.05, 3.63) is 59.5 Å². The molecule has 0 spiro atoms. The zero-order chi connectivity index (χ0) is 26.2. The smallest absolute Gasteiger partial charge is 0.244 e. The highest BCUT2D eigenvalue weighted by molar-refractivity contribution is 6.10. The summed E-state index contributed by atoms with van der Waals surface area (Å²) in [4.78, 5) is 34.7. The van der Waals surface area contributed by atoms with Crippen molar-refractivity contribution in [3.8, 4) is 5.75 Å². The molecule has 0 unspecified atom stereocenters. The Morgan fingerprint density at radius 3 is 2.63 bits per heavy atom. The van der Waals surface area contributed by atoms with E-state index in [9.17, 15) is 14.7 Å². The fourth-order valence-corrected chi connectivity index (χ4v) is 5.84. The standard InChI is InChI=1S/C29H33N5O4/c1-32-10-12-34(13-11-32)21-6-8-33(9-7-21)17-23-22-16-25(31-24(22)3-4-26(23)36)29(37)28-15-19-14-20(30-18-35)2-5-27(19)38-28/h2-5,14-16,18,21,31,36H,6-13,17H2,1H3,(H,30,35). The molecule has 2 fully saturated rings. The van der Waals surface area contributed by atoms with Crippen molar-refractivity contribution < 1.29 is 19.1 Å². The average molecular weight is 516 g/mol. The van der Waals surface area contributed by atoms with Crippen LogP contribution < -0.4 is 5.32 Å². The van der Waals surface area contributed by atoms with E-state index >= 15 is 0 Å². The van der Waals surface area contributed by atoms with Crippen LogP contribution in [-0.4, -0.2) is 89.3 Å². The number of piperazine rings is 1. The fourth-order valence-electron chi connectivity index (χ4n) is 5.84. The number of nitrogens with zero attached hydrogens (tertiary/aromatic N) is 3. The minimum Gasteiger partial charge on any atom is -0.508 e. The van der Waals surface area contributed by atoms with Crippen LogP contribution in [0.4, 0.5) is 5.69 Å². The van der Waals surface area contributed by atoms with Gasteiger partial charge in [0.15, 0.2) is 5.76 Å². The van der Waals surface area contributed by atoms with E-state index in [1.54, 1.807) is 36.4 Å². The number of ketones is 1. The maximum absolute atomic E-state index is 13.3. The number of carbonyl (C=O) groups excluding carboxylic acids is 2. The third-order valence-corrected chi connectivity index (χ3v) is 8.09. The number of amides is 1. The maximum Gasteiger partial charge on any atom is 0.244 e. The molecule has 198 valence electrons. The zero-order valence-electron chi connectivity index (χ0n) is 21.6. The summed E-state index contributed by atoms with van der Waals surface area (Å²) >= 11 is 0. The number of rotatable bonds is 7. The van der Waals surface area contributed by atoms with Crippen LogP contribution in [0.3, 0.4) is 0 Å². The SMILES string of the molecule is CN1CCN(C2CCN(Cc3c(O)ccc4[nH]c(C(=O)c5cc6cc(NC=O)ccc6o5)cc34)CC2)CC1. The quantitative estimate of drug-likeness (QED) is 0.255. The summed E-state index contributed by atoms with van der Waals surface area (Å²) < 4.78 is 5.80. The lowest BCUT2D eigenvalue weighted by atomic mass is 10.0. The van der Waals surface area contributed by atoms with Crippen LogP contribution in [0.1, 0.15) is 34.7 Å². The summed E-state index contributed by atoms with van der Waals surface area (Å²) in [6.45, 7) is 7.17. The molecule has 0 aliphatic carbocycles. The highest BCUT2D eigenvalue weighted by Gasteiger charge is 2.27. The maximum atomic E-state index is 13.3. The predicted octanol–water partition coefficient (Wildman–Crippen LogP) is 3.63. The Hall–Kier alpha value is -3.66. The Morgan fingerprint density at radius 1 is 1.08 bits per heavy atom. The van der Waals surface area contributed by atoms with E-state index in [-0.39, 0.29) is 17.3 Å². The van der Waals surface area contributed by atoms with Crippen molar-refractivity contribution in [1.29, 1.82) is 0 Å². The lowest BCUT2D eigenvalue weighted by Crippen LogP contribution is -2.52. The average Bonchev–Trinajstić information content (AvgIpc) is 3.55. The normalized spacial score (nSPS) is 18.3. The number of carbonyl (C=O) groups is 2. The summed E-state index contributed by atoms with van der Waals surface area (Å²) in [5, 5.41) is 15.0. The lowest BCUT2D eigenvalue weighted by molar-refractivity contribution is -0.105. The van der Waals surface area contributed by atoms with E-state index in [1.807, 2.05) is 6.07 Å². The number of nitrogens with one attached hydrogen (secondary N) is 2. The van der Waals surface area contributed by atoms with E-state index in [4.69, 9.17) is 4.42 Å². The molecule has 6 rings (SSSR count). The molecule has 0 radical (unpaired) electrons. The van der Waals surface area contributed by atoms with Gasteiger partial charge < -0.3 is 24.7 Å². The van der Waals surface area contributed by atoms with Gasteiger partial charge in [-0.25, -0.2) is 0 Å². The van der Waals surface area contributed by atoms with Crippen molar-refractivity contribution in [2.45, 2.75) is 25.4 Å². The molecule has 0 saturated carbocycles. The van der Waals surface area contributed by atoms with Gasteiger partial charge in [0.25, 0.3) is 0 Å². The first-order valence-corrected chi connectivity index (χ1v) is 13.3. The Bertz CT molecular complexity index is 1480. The molecule has 3 N–H and O–H groups in total. The van der Waals surface area contributed by atoms with Crippen LogP contribution in [0.2, 0.25) is 0 Å². The molecule has 0 bridgehead atoms. The van der Waals surface area contributed by atoms with E-state index < -0.39 is 0 Å². The second-order valence-electron chi connectivity index (χ2n) is 10.5. The molecular formula is C29H33N5O4. The number of H-pyrrole nitrogens is 1. The number of hydrogen-bond acceptors (Lipinski definition) is 7. The van der Waals surface area contributed by atoms with Gasteiger partial charge in [-0.2, -0.15) is 0 Å². The second kappa shape index (κ2) is 10.2. The Labute approximate surface area is 221 Å². The van der Waals surface area contributed by atoms with Gasteiger partial charge in [0.2, 0.25) is 12.2 Å². The number of likely N-dealkylation sites (tertiary alicyclic amines) is 1. The molecule has 2 aliphatic rings. The third kappa shape index (κ3) is 4.80. The molecule has 1 amide bonds. The van der Waals surface area contributed by atoms with Gasteiger partial charge in [0, 0.05) is 66.3 Å². The highest BCUT2D eigenvalue weighted by Crippen LogP contribution is 2.32. The first-order valence-electron chi connectivity index (χ1n) is 13.3. The van der Waals surface area contributed by atoms with Gasteiger partial charge in [-0.3, -0.25) is 19.4 Å². The third-order valence-electron chi connectivity index (χ3n) is 8.09. The molecular weight excluding hydrogens is 482 g/mol. The van der Waals surface area contributed by atoms with Crippen molar-refractivity contribution in [1.82, 2.24) is 19.7 Å². The highest BCUT2D eigenvalue weighted by atomic mass is 16.3. The number of aromatic hydroxyl groups is 1. The van der Waals surface area contributed by atoms with E-state index in [0.717, 1.165) is 74.0 Å². The number of hydrogen-bond donors (Lipinski definition) is 3. The van der Waals surface area contributed by atoms with E-state index in [2.05, 4.69) is 32.0 Å². The molecule has 38 heavy (non-hydrogen) atoms. The topological polar surface area (TPSA) is 105 Å². The summed E-state index contributed by atoms with van der Waals surface area (Å²) in [6.07, 6.45) is 2.88. The summed E-state index contributed by atoms with van der Waals surface area (Å²) in [5.41, 5.74) is 3.25. The number of aromatic nitrogens is 1. The van der Waals surface area contributed by atoms with Crippen LogP contribution >= 0.6 is 0 Å². The molecule has 9 heteroatoms. The zero-order valence-corrected chi connectivity index (χ0v) is 21.6. The molecule has 0 atom stereocenters. The van der Waals surface area contributed by atoms with E-state index in [1.165, 1.54) is 0 Å². The van der Waals surface area contributed by atoms with Gasteiger partial charge in [0.05, 0.1) is 5.69 Å². The Morgan fingerprint density at radius 2 is 1.87 bits per heavy atom. The molecule has 9 nitrogen and oxygen atoms in total. The minimum absolute atomic E-state index is 0.214. The Kier molecular flexibility index (Phi) is 6.65. The van der Waals surface area contributed by atoms with Crippen LogP contribution in [-0.2, 0) is 11.3 Å². The van der Waals surface area contributed by atoms with Crippen LogP contribution in [0.25, 0.3) is 21.9 Å². The lowest BCUT2D eigenvalue weighted by Gasteiger charge is -2.42. The predicted molar refractivity (Wildman–Crippen MR) is 147 cm³/mol. The second-order valence-corrected chi connectivity index (χ2v) is 10.5. The number of piperidine rings is 1. The van der Waals surface area contributed by atoms with Crippen LogP contribution in [0.5, 0.6) is 5.75 Å². The van der Waals surface area contributed by atoms with Gasteiger partial charge in [-0.05, 0) is 75.4 Å². The number of furan rings is 1. The number of fused-ring (bicyclic) bond motifs is 2. The minimum atomic E-state index is -0.263. The number of benzene rings is 2. The molecule has 2 aliphatic heterocycles. The monoisotopic (exact) mass is 515 g/mol. The molecule has 2 aromatic carbocycles. The number of phenols is 1. The molecule has 2 saturated heterocycles. The number of phenolic OH excluding ortho intramolecular Hbond substituents is 1. The largest absolute Gasteiger partial charge is 0.508 e. The van der Waals surface area contributed by atoms with Crippen molar-refractivity contribution in [2.24, 2.45) is 0 Å². The summed E-state index contributed by atoms with van der Waals surface area (Å²) in [6, 6.07) is 12.8. The van der Waals surface area contributed by atoms with Gasteiger partial charge in [-0.1, -0.05) is 0 Å². The summed E-state index contributed by atoms with van der Waals surface area (Å²) in [7, 11) is 2.19. The molecule has 2 aromatic heterocycles. The van der Waals surface area contributed by atoms with Crippen LogP contribution in [0, 0.1) is 0 Å². The molecule has 4 aromatic rings. The van der Waals surface area contributed by atoms with Crippen molar-refractivity contribution in [2.75, 3.05) is 51.6 Å². The number of anilines is 1. The van der Waals surface area contributed by atoms with Crippen molar-refractivity contribution in [3.63, 3.8) is 0 Å². The fraction of sp³-hybridized carbons (Fsp3) is 0.379. The summed E-state index contributed by atoms with van der Waals surface area (Å²) in [5.74, 6) is 0.197. The van der Waals surface area contributed by atoms with Gasteiger partial charge in [-0.15, -0.1) is 0 Å². The first-order chi connectivity index (χ1) is 18.5. The first kappa shape index (κ1) is 24.7. The Balaban J connectivity index is 1.19. The van der Waals surface area contributed by atoms with Gasteiger partial charge >= 0.3 is 0 Å². The van der Waals surface area contributed by atoms with Crippen LogP contribution in [0.15, 0.2) is 46.9 Å². The number of likely N-dealkylation sites (N-methyl/N-ethyl adjacent to an activating group) is 1. The van der Waals surface area contributed by atoms with E-state index in [0.29, 0.717) is 36.0 Å². The van der Waals surface area contributed by atoms with Crippen molar-refractivity contribution >= 4 is 39.8 Å². The number of aromatic amines is 1.